The van der Waals surface area contributed by atoms with E-state index in [4.69, 9.17) is 0 Å². The minimum atomic E-state index is -0.949. The van der Waals surface area contributed by atoms with Crippen LogP contribution in [0.15, 0.2) is 60.7 Å². The van der Waals surface area contributed by atoms with Crippen molar-refractivity contribution in [3.63, 3.8) is 0 Å². The van der Waals surface area contributed by atoms with Crippen LogP contribution in [-0.4, -0.2) is 14.6 Å². The van der Waals surface area contributed by atoms with Gasteiger partial charge in [0.15, 0.2) is 0 Å². The molecule has 2 rings (SSSR count). The minimum Gasteiger partial charge on any atom is -0.300 e. The van der Waals surface area contributed by atoms with Gasteiger partial charge in [0.2, 0.25) is 0 Å². The summed E-state index contributed by atoms with van der Waals surface area (Å²) < 4.78 is 0. The molecule has 0 aromatic heterocycles. The normalized spacial score (nSPS) is 10.5. The number of rotatable bonds is 4. The van der Waals surface area contributed by atoms with E-state index in [1.807, 2.05) is 36.4 Å². The molecule has 0 saturated heterocycles. The minimum absolute atomic E-state index is 0.270. The SMILES string of the molecule is CC(=O)C[Si](c1ccccc1)c1ccccc1. The summed E-state index contributed by atoms with van der Waals surface area (Å²) in [4.78, 5) is 11.4. The molecular weight excluding hydrogens is 224 g/mol. The second-order valence-electron chi connectivity index (χ2n) is 4.09. The van der Waals surface area contributed by atoms with Crippen LogP contribution < -0.4 is 10.4 Å². The van der Waals surface area contributed by atoms with E-state index in [1.165, 1.54) is 10.4 Å². The van der Waals surface area contributed by atoms with E-state index in [-0.39, 0.29) is 5.78 Å². The molecule has 0 heterocycles. The van der Waals surface area contributed by atoms with Crippen LogP contribution in [0, 0.1) is 0 Å². The molecule has 1 radical (unpaired) electrons. The largest absolute Gasteiger partial charge is 0.300 e. The van der Waals surface area contributed by atoms with Crippen LogP contribution in [0.3, 0.4) is 0 Å². The molecule has 0 aliphatic rings. The monoisotopic (exact) mass is 239 g/mol. The van der Waals surface area contributed by atoms with Crippen LogP contribution in [0.5, 0.6) is 0 Å². The average molecular weight is 239 g/mol. The van der Waals surface area contributed by atoms with Crippen LogP contribution in [0.4, 0.5) is 0 Å². The van der Waals surface area contributed by atoms with E-state index in [0.717, 1.165) is 0 Å². The molecule has 0 aliphatic carbocycles. The lowest BCUT2D eigenvalue weighted by molar-refractivity contribution is -0.114. The Labute approximate surface area is 104 Å². The zero-order valence-corrected chi connectivity index (χ0v) is 10.9. The number of Topliss-reactive ketones (excluding diaryl/α,β-unsaturated/α-hetero) is 1. The summed E-state index contributed by atoms with van der Waals surface area (Å²) in [5, 5.41) is 2.61. The summed E-state index contributed by atoms with van der Waals surface area (Å²) in [5.41, 5.74) is 0. The summed E-state index contributed by atoms with van der Waals surface area (Å²) in [6.07, 6.45) is 0. The first kappa shape index (κ1) is 11.8. The van der Waals surface area contributed by atoms with Crippen molar-refractivity contribution in [2.75, 3.05) is 0 Å². The lowest BCUT2D eigenvalue weighted by Crippen LogP contribution is -2.43. The van der Waals surface area contributed by atoms with E-state index in [2.05, 4.69) is 24.3 Å². The van der Waals surface area contributed by atoms with Crippen LogP contribution in [-0.2, 0) is 4.79 Å². The highest BCUT2D eigenvalue weighted by molar-refractivity contribution is 6.87. The van der Waals surface area contributed by atoms with Gasteiger partial charge in [0.05, 0.1) is 0 Å². The quantitative estimate of drug-likeness (QED) is 0.745. The maximum atomic E-state index is 11.4. The molecule has 2 aromatic rings. The van der Waals surface area contributed by atoms with Gasteiger partial charge in [-0.1, -0.05) is 71.0 Å². The van der Waals surface area contributed by atoms with Crippen molar-refractivity contribution in [3.05, 3.63) is 60.7 Å². The van der Waals surface area contributed by atoms with Crippen LogP contribution in [0.2, 0.25) is 6.04 Å². The smallest absolute Gasteiger partial charge is 0.128 e. The summed E-state index contributed by atoms with van der Waals surface area (Å²) in [6.45, 7) is 1.68. The molecule has 0 spiro atoms. The van der Waals surface area contributed by atoms with Gasteiger partial charge >= 0.3 is 0 Å². The molecule has 0 amide bonds. The van der Waals surface area contributed by atoms with Gasteiger partial charge in [-0.25, -0.2) is 0 Å². The number of hydrogen-bond donors (Lipinski definition) is 0. The molecule has 0 bridgehead atoms. The van der Waals surface area contributed by atoms with E-state index in [9.17, 15) is 4.79 Å². The number of carbonyl (C=O) groups is 1. The zero-order valence-electron chi connectivity index (χ0n) is 9.89. The van der Waals surface area contributed by atoms with Crippen molar-refractivity contribution in [2.45, 2.75) is 13.0 Å². The van der Waals surface area contributed by atoms with E-state index in [1.54, 1.807) is 6.92 Å². The van der Waals surface area contributed by atoms with Crippen molar-refractivity contribution in [3.8, 4) is 0 Å². The lowest BCUT2D eigenvalue weighted by Gasteiger charge is -2.14. The predicted molar refractivity (Wildman–Crippen MR) is 73.4 cm³/mol. The average Bonchev–Trinajstić information content (AvgIpc) is 2.38. The highest BCUT2D eigenvalue weighted by Gasteiger charge is 2.18. The van der Waals surface area contributed by atoms with Crippen molar-refractivity contribution in [1.29, 1.82) is 0 Å². The van der Waals surface area contributed by atoms with Gasteiger partial charge in [-0.15, -0.1) is 0 Å². The molecule has 2 heteroatoms. The molecule has 17 heavy (non-hydrogen) atoms. The molecule has 2 aromatic carbocycles. The van der Waals surface area contributed by atoms with Crippen molar-refractivity contribution >= 4 is 25.0 Å². The predicted octanol–water partition coefficient (Wildman–Crippen LogP) is 1.88. The van der Waals surface area contributed by atoms with Crippen LogP contribution in [0.1, 0.15) is 6.92 Å². The van der Waals surface area contributed by atoms with Gasteiger partial charge in [0.1, 0.15) is 14.6 Å². The standard InChI is InChI=1S/C15H15OSi/c1-13(16)12-17(14-8-4-2-5-9-14)15-10-6-3-7-11-15/h2-11H,12H2,1H3. The Balaban J connectivity index is 2.36. The molecule has 0 fully saturated rings. The van der Waals surface area contributed by atoms with Crippen molar-refractivity contribution < 1.29 is 4.79 Å². The second kappa shape index (κ2) is 5.59. The van der Waals surface area contributed by atoms with Crippen molar-refractivity contribution in [2.24, 2.45) is 0 Å². The van der Waals surface area contributed by atoms with Crippen LogP contribution >= 0.6 is 0 Å². The Morgan fingerprint density at radius 3 is 1.65 bits per heavy atom. The molecule has 1 nitrogen and oxygen atoms in total. The van der Waals surface area contributed by atoms with Gasteiger partial charge in [0.25, 0.3) is 0 Å². The molecule has 0 saturated carbocycles. The fraction of sp³-hybridized carbons (Fsp3) is 0.133. The summed E-state index contributed by atoms with van der Waals surface area (Å²) in [6, 6.07) is 21.4. The first-order valence-corrected chi connectivity index (χ1v) is 7.44. The lowest BCUT2D eigenvalue weighted by atomic mass is 10.4. The molecule has 85 valence electrons. The van der Waals surface area contributed by atoms with Gasteiger partial charge in [-0.05, 0) is 6.92 Å². The van der Waals surface area contributed by atoms with E-state index < -0.39 is 8.80 Å². The molecule has 0 N–H and O–H groups in total. The summed E-state index contributed by atoms with van der Waals surface area (Å²) in [7, 11) is -0.949. The number of ketones is 1. The van der Waals surface area contributed by atoms with E-state index >= 15 is 0 Å². The Morgan fingerprint density at radius 1 is 0.882 bits per heavy atom. The van der Waals surface area contributed by atoms with Gasteiger partial charge in [-0.3, -0.25) is 0 Å². The number of benzene rings is 2. The number of hydrogen-bond acceptors (Lipinski definition) is 1. The fourth-order valence-corrected chi connectivity index (χ4v) is 4.33. The van der Waals surface area contributed by atoms with Gasteiger partial charge in [-0.2, -0.15) is 0 Å². The summed E-state index contributed by atoms with van der Waals surface area (Å²) >= 11 is 0. The third-order valence-electron chi connectivity index (χ3n) is 2.67. The van der Waals surface area contributed by atoms with E-state index in [0.29, 0.717) is 6.04 Å². The topological polar surface area (TPSA) is 17.1 Å². The fourth-order valence-electron chi connectivity index (χ4n) is 1.90. The third kappa shape index (κ3) is 3.14. The van der Waals surface area contributed by atoms with Gasteiger partial charge < -0.3 is 4.79 Å². The first-order chi connectivity index (χ1) is 8.27. The maximum absolute atomic E-state index is 11.4. The van der Waals surface area contributed by atoms with Crippen molar-refractivity contribution in [1.82, 2.24) is 0 Å². The first-order valence-electron chi connectivity index (χ1n) is 5.73. The molecule has 0 atom stereocenters. The Bertz CT molecular complexity index is 439. The second-order valence-corrected chi connectivity index (χ2v) is 6.55. The summed E-state index contributed by atoms with van der Waals surface area (Å²) in [5.74, 6) is 0.270. The zero-order chi connectivity index (χ0) is 12.1. The molecule has 0 aliphatic heterocycles. The number of carbonyl (C=O) groups excluding carboxylic acids is 1. The van der Waals surface area contributed by atoms with Crippen LogP contribution in [0.25, 0.3) is 0 Å². The highest BCUT2D eigenvalue weighted by atomic mass is 28.3. The Hall–Kier alpha value is -1.67. The Kier molecular flexibility index (Phi) is 3.88. The third-order valence-corrected chi connectivity index (χ3v) is 5.58. The highest BCUT2D eigenvalue weighted by Crippen LogP contribution is 1.98. The molecular formula is C15H15OSi. The Morgan fingerprint density at radius 2 is 1.29 bits per heavy atom. The van der Waals surface area contributed by atoms with Gasteiger partial charge in [0, 0.05) is 6.04 Å². The maximum Gasteiger partial charge on any atom is 0.128 e. The molecule has 0 unspecified atom stereocenters.